The Kier molecular flexibility index (Phi) is 8.26. The Labute approximate surface area is 192 Å². The Morgan fingerprint density at radius 1 is 0.970 bits per heavy atom. The maximum absolute atomic E-state index is 13.3. The minimum atomic E-state index is -0.404. The molecule has 0 atom stereocenters. The smallest absolute Gasteiger partial charge is 0.246 e. The number of benzene rings is 2. The number of ether oxygens (including phenoxy) is 3. The van der Waals surface area contributed by atoms with E-state index in [0.717, 1.165) is 0 Å². The van der Waals surface area contributed by atoms with Crippen molar-refractivity contribution in [3.63, 3.8) is 0 Å². The summed E-state index contributed by atoms with van der Waals surface area (Å²) in [5, 5.41) is 2.69. The van der Waals surface area contributed by atoms with Crippen LogP contribution in [0.15, 0.2) is 42.5 Å². The first-order valence-electron chi connectivity index (χ1n) is 10.5. The molecular weight excluding hydrogens is 429 g/mol. The van der Waals surface area contributed by atoms with Crippen LogP contribution in [0.3, 0.4) is 0 Å². The Morgan fingerprint density at radius 2 is 1.64 bits per heavy atom. The van der Waals surface area contributed by atoms with Gasteiger partial charge in [-0.05, 0) is 30.3 Å². The monoisotopic (exact) mass is 457 g/mol. The predicted octanol–water partition coefficient (Wildman–Crippen LogP) is 2.65. The van der Waals surface area contributed by atoms with Crippen LogP contribution in [0.5, 0.6) is 17.2 Å². The molecule has 33 heavy (non-hydrogen) atoms. The zero-order valence-corrected chi connectivity index (χ0v) is 19.0. The molecule has 1 fully saturated rings. The summed E-state index contributed by atoms with van der Waals surface area (Å²) >= 11 is 0. The topological polar surface area (TPSA) is 80.3 Å². The summed E-state index contributed by atoms with van der Waals surface area (Å²) in [5.41, 5.74) is 1.11. The van der Waals surface area contributed by atoms with Gasteiger partial charge in [0, 0.05) is 49.6 Å². The maximum Gasteiger partial charge on any atom is 0.246 e. The average molecular weight is 458 g/mol. The van der Waals surface area contributed by atoms with Gasteiger partial charge in [-0.25, -0.2) is 4.39 Å². The van der Waals surface area contributed by atoms with Crippen molar-refractivity contribution in [1.82, 2.24) is 9.80 Å². The van der Waals surface area contributed by atoms with E-state index in [-0.39, 0.29) is 18.4 Å². The number of hydrogen-bond acceptors (Lipinski definition) is 6. The van der Waals surface area contributed by atoms with E-state index in [1.165, 1.54) is 18.2 Å². The lowest BCUT2D eigenvalue weighted by Gasteiger charge is -2.33. The van der Waals surface area contributed by atoms with E-state index in [4.69, 9.17) is 14.2 Å². The number of methoxy groups -OCH3 is 3. The first-order chi connectivity index (χ1) is 15.9. The van der Waals surface area contributed by atoms with E-state index >= 15 is 0 Å². The number of halogens is 1. The van der Waals surface area contributed by atoms with Gasteiger partial charge in [0.15, 0.2) is 11.5 Å². The van der Waals surface area contributed by atoms with Crippen LogP contribution < -0.4 is 19.5 Å². The van der Waals surface area contributed by atoms with Crippen LogP contribution in [0.25, 0.3) is 6.08 Å². The highest BCUT2D eigenvalue weighted by atomic mass is 19.1. The number of nitrogens with zero attached hydrogens (tertiary/aromatic N) is 2. The van der Waals surface area contributed by atoms with Crippen LogP contribution in [0.2, 0.25) is 0 Å². The lowest BCUT2D eigenvalue weighted by Crippen LogP contribution is -2.50. The van der Waals surface area contributed by atoms with Gasteiger partial charge < -0.3 is 24.4 Å². The molecule has 176 valence electrons. The molecule has 1 aliphatic heterocycles. The first-order valence-corrected chi connectivity index (χ1v) is 10.5. The van der Waals surface area contributed by atoms with Crippen LogP contribution in [-0.4, -0.2) is 75.7 Å². The number of carbonyl (C=O) groups is 2. The molecule has 0 spiro atoms. The standard InChI is InChI=1S/C24H28FN3O5/c1-31-20-15-22(33-3)21(32-2)13-17(20)7-8-24(30)28-11-9-27(10-12-28)16-23(29)26-19-6-4-5-18(25)14-19/h4-8,13-15H,9-12,16H2,1-3H3,(H,26,29)/b8-7+. The third-order valence-electron chi connectivity index (χ3n) is 5.30. The summed E-state index contributed by atoms with van der Waals surface area (Å²) in [6.45, 7) is 2.31. The van der Waals surface area contributed by atoms with E-state index in [9.17, 15) is 14.0 Å². The first kappa shape index (κ1) is 24.1. The zero-order valence-electron chi connectivity index (χ0n) is 19.0. The molecular formula is C24H28FN3O5. The van der Waals surface area contributed by atoms with Crippen molar-refractivity contribution in [1.29, 1.82) is 0 Å². The lowest BCUT2D eigenvalue weighted by molar-refractivity contribution is -0.127. The average Bonchev–Trinajstić information content (AvgIpc) is 2.82. The minimum Gasteiger partial charge on any atom is -0.496 e. The third-order valence-corrected chi connectivity index (χ3v) is 5.30. The Bertz CT molecular complexity index is 1020. The van der Waals surface area contributed by atoms with Gasteiger partial charge in [0.2, 0.25) is 11.8 Å². The molecule has 3 rings (SSSR count). The molecule has 2 aromatic carbocycles. The van der Waals surface area contributed by atoms with Crippen LogP contribution in [0.1, 0.15) is 5.56 Å². The maximum atomic E-state index is 13.3. The van der Waals surface area contributed by atoms with Gasteiger partial charge in [-0.1, -0.05) is 6.07 Å². The Morgan fingerprint density at radius 3 is 2.27 bits per heavy atom. The largest absolute Gasteiger partial charge is 0.496 e. The van der Waals surface area contributed by atoms with Crippen molar-refractivity contribution >= 4 is 23.6 Å². The molecule has 0 aliphatic carbocycles. The molecule has 8 nitrogen and oxygen atoms in total. The quantitative estimate of drug-likeness (QED) is 0.614. The number of carbonyl (C=O) groups excluding carboxylic acids is 2. The number of rotatable bonds is 8. The van der Waals surface area contributed by atoms with Gasteiger partial charge >= 0.3 is 0 Å². The van der Waals surface area contributed by atoms with Crippen molar-refractivity contribution in [2.75, 3.05) is 59.4 Å². The minimum absolute atomic E-state index is 0.129. The van der Waals surface area contributed by atoms with Crippen molar-refractivity contribution in [2.45, 2.75) is 0 Å². The van der Waals surface area contributed by atoms with Gasteiger partial charge in [-0.2, -0.15) is 0 Å². The number of anilines is 1. The van der Waals surface area contributed by atoms with Crippen LogP contribution in [0.4, 0.5) is 10.1 Å². The molecule has 9 heteroatoms. The molecule has 0 unspecified atom stereocenters. The summed E-state index contributed by atoms with van der Waals surface area (Å²) in [4.78, 5) is 28.6. The summed E-state index contributed by atoms with van der Waals surface area (Å²) in [6, 6.07) is 9.22. The highest BCUT2D eigenvalue weighted by Crippen LogP contribution is 2.35. The molecule has 1 N–H and O–H groups in total. The fraction of sp³-hybridized carbons (Fsp3) is 0.333. The fourth-order valence-corrected chi connectivity index (χ4v) is 3.55. The van der Waals surface area contributed by atoms with E-state index < -0.39 is 5.82 Å². The second-order valence-electron chi connectivity index (χ2n) is 7.44. The summed E-state index contributed by atoms with van der Waals surface area (Å²) in [7, 11) is 4.63. The SMILES string of the molecule is COc1cc(OC)c(OC)cc1/C=C/C(=O)N1CCN(CC(=O)Nc2cccc(F)c2)CC1. The predicted molar refractivity (Wildman–Crippen MR) is 123 cm³/mol. The molecule has 0 radical (unpaired) electrons. The zero-order chi connectivity index (χ0) is 23.8. The van der Waals surface area contributed by atoms with Gasteiger partial charge in [-0.15, -0.1) is 0 Å². The van der Waals surface area contributed by atoms with Gasteiger partial charge in [0.1, 0.15) is 11.6 Å². The molecule has 2 aromatic rings. The normalized spacial score (nSPS) is 14.2. The van der Waals surface area contributed by atoms with Crippen LogP contribution in [0, 0.1) is 5.82 Å². The van der Waals surface area contributed by atoms with Crippen molar-refractivity contribution in [2.24, 2.45) is 0 Å². The van der Waals surface area contributed by atoms with Crippen molar-refractivity contribution in [3.8, 4) is 17.2 Å². The van der Waals surface area contributed by atoms with Gasteiger partial charge in [-0.3, -0.25) is 14.5 Å². The molecule has 2 amide bonds. The van der Waals surface area contributed by atoms with E-state index in [1.54, 1.807) is 56.6 Å². The number of amides is 2. The number of piperazine rings is 1. The second kappa shape index (κ2) is 11.3. The van der Waals surface area contributed by atoms with Crippen molar-refractivity contribution in [3.05, 3.63) is 53.9 Å². The van der Waals surface area contributed by atoms with Crippen molar-refractivity contribution < 1.29 is 28.2 Å². The third kappa shape index (κ3) is 6.45. The molecule has 0 saturated carbocycles. The van der Waals surface area contributed by atoms with E-state index in [2.05, 4.69) is 5.32 Å². The van der Waals surface area contributed by atoms with Gasteiger partial charge in [0.05, 0.1) is 27.9 Å². The van der Waals surface area contributed by atoms with E-state index in [1.807, 2.05) is 4.90 Å². The summed E-state index contributed by atoms with van der Waals surface area (Å²) in [5.74, 6) is 0.881. The number of hydrogen-bond donors (Lipinski definition) is 1. The highest BCUT2D eigenvalue weighted by molar-refractivity contribution is 5.93. The Balaban J connectivity index is 1.53. The summed E-state index contributed by atoms with van der Waals surface area (Å²) in [6.07, 6.45) is 3.18. The van der Waals surface area contributed by atoms with E-state index in [0.29, 0.717) is 54.7 Å². The second-order valence-corrected chi connectivity index (χ2v) is 7.44. The molecule has 1 saturated heterocycles. The number of nitrogens with one attached hydrogen (secondary N) is 1. The summed E-state index contributed by atoms with van der Waals surface area (Å²) < 4.78 is 29.2. The molecule has 1 aliphatic rings. The lowest BCUT2D eigenvalue weighted by atomic mass is 10.1. The Hall–Kier alpha value is -3.59. The molecule has 0 aromatic heterocycles. The fourth-order valence-electron chi connectivity index (χ4n) is 3.55. The molecule has 1 heterocycles. The van der Waals surface area contributed by atoms with Crippen LogP contribution in [-0.2, 0) is 9.59 Å². The molecule has 0 bridgehead atoms. The highest BCUT2D eigenvalue weighted by Gasteiger charge is 2.21. The van der Waals surface area contributed by atoms with Crippen LogP contribution >= 0.6 is 0 Å². The van der Waals surface area contributed by atoms with Gasteiger partial charge in [0.25, 0.3) is 0 Å².